The number of carbonyl (C=O) groups is 1. The van der Waals surface area contributed by atoms with Crippen LogP contribution in [0.5, 0.6) is 23.1 Å². The lowest BCUT2D eigenvalue weighted by Gasteiger charge is -2.13. The van der Waals surface area contributed by atoms with Crippen LogP contribution in [0, 0.1) is 0 Å². The van der Waals surface area contributed by atoms with Crippen molar-refractivity contribution in [2.75, 3.05) is 14.2 Å². The molecule has 0 aliphatic heterocycles. The van der Waals surface area contributed by atoms with Crippen molar-refractivity contribution >= 4 is 5.91 Å². The third-order valence-electron chi connectivity index (χ3n) is 3.91. The summed E-state index contributed by atoms with van der Waals surface area (Å²) in [7, 11) is 3.17. The summed E-state index contributed by atoms with van der Waals surface area (Å²) < 4.78 is 16.3. The van der Waals surface area contributed by atoms with Crippen LogP contribution in [0.4, 0.5) is 0 Å². The molecule has 6 nitrogen and oxygen atoms in total. The Hall–Kier alpha value is -3.54. The lowest BCUT2D eigenvalue weighted by Crippen LogP contribution is -2.23. The van der Waals surface area contributed by atoms with Gasteiger partial charge in [-0.3, -0.25) is 4.79 Å². The topological polar surface area (TPSA) is 69.7 Å². The molecule has 1 heterocycles. The average Bonchev–Trinajstić information content (AvgIpc) is 2.73. The number of rotatable bonds is 7. The van der Waals surface area contributed by atoms with Crippen molar-refractivity contribution in [3.63, 3.8) is 0 Å². The highest BCUT2D eigenvalue weighted by atomic mass is 16.5. The number of nitrogens with one attached hydrogen (secondary N) is 1. The molecule has 3 rings (SSSR count). The Morgan fingerprint density at radius 2 is 1.78 bits per heavy atom. The summed E-state index contributed by atoms with van der Waals surface area (Å²) in [5.74, 6) is 1.91. The Balaban J connectivity index is 1.74. The number of hydrogen-bond donors (Lipinski definition) is 1. The Kier molecular flexibility index (Phi) is 5.89. The van der Waals surface area contributed by atoms with Crippen molar-refractivity contribution < 1.29 is 19.0 Å². The fourth-order valence-corrected chi connectivity index (χ4v) is 2.51. The number of methoxy groups -OCH3 is 2. The van der Waals surface area contributed by atoms with Crippen molar-refractivity contribution in [1.82, 2.24) is 10.3 Å². The second-order valence-electron chi connectivity index (χ2n) is 5.63. The van der Waals surface area contributed by atoms with Crippen molar-refractivity contribution in [3.05, 3.63) is 78.0 Å². The van der Waals surface area contributed by atoms with E-state index in [1.807, 2.05) is 30.3 Å². The summed E-state index contributed by atoms with van der Waals surface area (Å²) in [6, 6.07) is 18.0. The van der Waals surface area contributed by atoms with Crippen LogP contribution in [-0.4, -0.2) is 25.1 Å². The zero-order valence-corrected chi connectivity index (χ0v) is 15.1. The van der Waals surface area contributed by atoms with E-state index in [0.29, 0.717) is 29.4 Å². The van der Waals surface area contributed by atoms with E-state index in [-0.39, 0.29) is 11.8 Å². The largest absolute Gasteiger partial charge is 0.497 e. The Labute approximate surface area is 157 Å². The summed E-state index contributed by atoms with van der Waals surface area (Å²) in [6.45, 7) is 0.297. The SMILES string of the molecule is COc1ccc(CNC(=O)c2cccnc2Oc2ccccc2)c(OC)c1. The molecule has 1 amide bonds. The van der Waals surface area contributed by atoms with Gasteiger partial charge < -0.3 is 19.5 Å². The van der Waals surface area contributed by atoms with Gasteiger partial charge in [0, 0.05) is 24.4 Å². The van der Waals surface area contributed by atoms with Crippen LogP contribution in [0.15, 0.2) is 66.9 Å². The number of carbonyl (C=O) groups excluding carboxylic acids is 1. The maximum atomic E-state index is 12.7. The number of para-hydroxylation sites is 1. The molecule has 0 fully saturated rings. The van der Waals surface area contributed by atoms with Crippen LogP contribution < -0.4 is 19.5 Å². The number of amides is 1. The van der Waals surface area contributed by atoms with Crippen molar-refractivity contribution in [3.8, 4) is 23.1 Å². The lowest BCUT2D eigenvalue weighted by molar-refractivity contribution is 0.0947. The highest BCUT2D eigenvalue weighted by Crippen LogP contribution is 2.25. The van der Waals surface area contributed by atoms with E-state index in [9.17, 15) is 4.79 Å². The molecule has 6 heteroatoms. The first-order valence-corrected chi connectivity index (χ1v) is 8.38. The first-order valence-electron chi connectivity index (χ1n) is 8.38. The Bertz CT molecular complexity index is 913. The quantitative estimate of drug-likeness (QED) is 0.690. The van der Waals surface area contributed by atoms with E-state index < -0.39 is 0 Å². The second-order valence-corrected chi connectivity index (χ2v) is 5.63. The number of benzene rings is 2. The van der Waals surface area contributed by atoms with Crippen LogP contribution in [-0.2, 0) is 6.54 Å². The van der Waals surface area contributed by atoms with Crippen LogP contribution >= 0.6 is 0 Å². The monoisotopic (exact) mass is 364 g/mol. The molecule has 0 radical (unpaired) electrons. The van der Waals surface area contributed by atoms with Crippen molar-refractivity contribution in [2.24, 2.45) is 0 Å². The maximum Gasteiger partial charge on any atom is 0.257 e. The second kappa shape index (κ2) is 8.71. The zero-order chi connectivity index (χ0) is 19.1. The first-order chi connectivity index (χ1) is 13.2. The van der Waals surface area contributed by atoms with E-state index in [1.165, 1.54) is 0 Å². The Morgan fingerprint density at radius 3 is 2.52 bits per heavy atom. The van der Waals surface area contributed by atoms with Gasteiger partial charge in [-0.1, -0.05) is 18.2 Å². The van der Waals surface area contributed by atoms with Gasteiger partial charge in [0.15, 0.2) is 0 Å². The lowest BCUT2D eigenvalue weighted by atomic mass is 10.1. The molecule has 0 saturated heterocycles. The van der Waals surface area contributed by atoms with Gasteiger partial charge in [-0.25, -0.2) is 4.98 Å². The van der Waals surface area contributed by atoms with Gasteiger partial charge in [0.25, 0.3) is 5.91 Å². The minimum Gasteiger partial charge on any atom is -0.497 e. The molecule has 27 heavy (non-hydrogen) atoms. The number of ether oxygens (including phenoxy) is 3. The van der Waals surface area contributed by atoms with Gasteiger partial charge in [-0.2, -0.15) is 0 Å². The molecule has 0 bridgehead atoms. The fraction of sp³-hybridized carbons (Fsp3) is 0.143. The highest BCUT2D eigenvalue weighted by Gasteiger charge is 2.15. The van der Waals surface area contributed by atoms with E-state index in [1.54, 1.807) is 50.7 Å². The molecule has 0 aliphatic carbocycles. The fourth-order valence-electron chi connectivity index (χ4n) is 2.51. The summed E-state index contributed by atoms with van der Waals surface area (Å²) in [4.78, 5) is 16.8. The molecule has 0 atom stereocenters. The number of pyridine rings is 1. The van der Waals surface area contributed by atoms with Crippen molar-refractivity contribution in [1.29, 1.82) is 0 Å². The van der Waals surface area contributed by atoms with Gasteiger partial charge in [-0.05, 0) is 36.4 Å². The molecule has 1 aromatic heterocycles. The molecule has 138 valence electrons. The van der Waals surface area contributed by atoms with Gasteiger partial charge in [-0.15, -0.1) is 0 Å². The standard InChI is InChI=1S/C21H20N2O4/c1-25-17-11-10-15(19(13-17)26-2)14-23-20(24)18-9-6-12-22-21(18)27-16-7-4-3-5-8-16/h3-13H,14H2,1-2H3,(H,23,24). The van der Waals surface area contributed by atoms with Gasteiger partial charge >= 0.3 is 0 Å². The first kappa shape index (κ1) is 18.3. The third-order valence-corrected chi connectivity index (χ3v) is 3.91. The average molecular weight is 364 g/mol. The van der Waals surface area contributed by atoms with Gasteiger partial charge in [0.2, 0.25) is 5.88 Å². The molecule has 1 N–H and O–H groups in total. The molecule has 0 saturated carbocycles. The molecular weight excluding hydrogens is 344 g/mol. The summed E-state index contributed by atoms with van der Waals surface area (Å²) >= 11 is 0. The molecule has 0 spiro atoms. The number of aromatic nitrogens is 1. The maximum absolute atomic E-state index is 12.7. The summed E-state index contributed by atoms with van der Waals surface area (Å²) in [6.07, 6.45) is 1.58. The normalized spacial score (nSPS) is 10.1. The van der Waals surface area contributed by atoms with E-state index in [4.69, 9.17) is 14.2 Å². The Morgan fingerprint density at radius 1 is 0.963 bits per heavy atom. The highest BCUT2D eigenvalue weighted by molar-refractivity contribution is 5.96. The van der Waals surface area contributed by atoms with E-state index >= 15 is 0 Å². The molecule has 0 aliphatic rings. The van der Waals surface area contributed by atoms with Crippen LogP contribution in [0.3, 0.4) is 0 Å². The minimum absolute atomic E-state index is 0.253. The predicted octanol–water partition coefficient (Wildman–Crippen LogP) is 3.82. The minimum atomic E-state index is -0.285. The van der Waals surface area contributed by atoms with Crippen molar-refractivity contribution in [2.45, 2.75) is 6.54 Å². The predicted molar refractivity (Wildman–Crippen MR) is 101 cm³/mol. The van der Waals surface area contributed by atoms with E-state index in [2.05, 4.69) is 10.3 Å². The number of nitrogens with zero attached hydrogens (tertiary/aromatic N) is 1. The number of hydrogen-bond acceptors (Lipinski definition) is 5. The van der Waals surface area contributed by atoms with Gasteiger partial charge in [0.1, 0.15) is 22.8 Å². The van der Waals surface area contributed by atoms with E-state index in [0.717, 1.165) is 5.56 Å². The molecule has 0 unspecified atom stereocenters. The zero-order valence-electron chi connectivity index (χ0n) is 15.1. The van der Waals surface area contributed by atoms with Crippen LogP contribution in [0.2, 0.25) is 0 Å². The summed E-state index contributed by atoms with van der Waals surface area (Å²) in [5, 5.41) is 2.87. The van der Waals surface area contributed by atoms with Gasteiger partial charge in [0.05, 0.1) is 14.2 Å². The molecule has 2 aromatic carbocycles. The smallest absolute Gasteiger partial charge is 0.257 e. The third kappa shape index (κ3) is 4.55. The van der Waals surface area contributed by atoms with Crippen LogP contribution in [0.25, 0.3) is 0 Å². The molecule has 3 aromatic rings. The van der Waals surface area contributed by atoms with Crippen LogP contribution in [0.1, 0.15) is 15.9 Å². The molecular formula is C21H20N2O4. The summed E-state index contributed by atoms with van der Waals surface area (Å²) in [5.41, 5.74) is 1.19.